The highest BCUT2D eigenvalue weighted by molar-refractivity contribution is 6.76. The Morgan fingerprint density at radius 3 is 2.20 bits per heavy atom. The van der Waals surface area contributed by atoms with Gasteiger partial charge in [0.1, 0.15) is 29.3 Å². The molecule has 0 radical (unpaired) electrons. The van der Waals surface area contributed by atoms with E-state index in [4.69, 9.17) is 19.2 Å². The molecule has 46 heavy (non-hydrogen) atoms. The van der Waals surface area contributed by atoms with Crippen LogP contribution in [-0.4, -0.2) is 53.9 Å². The van der Waals surface area contributed by atoms with E-state index in [0.717, 1.165) is 30.4 Å². The van der Waals surface area contributed by atoms with E-state index in [1.54, 1.807) is 16.7 Å². The number of nitrogens with zero attached hydrogens (tertiary/aromatic N) is 4. The number of imidazole rings is 1. The molecule has 3 heterocycles. The monoisotopic (exact) mass is 646 g/mol. The zero-order valence-electron chi connectivity index (χ0n) is 28.4. The van der Waals surface area contributed by atoms with E-state index in [9.17, 15) is 4.79 Å². The summed E-state index contributed by atoms with van der Waals surface area (Å²) < 4.78 is 35.3. The van der Waals surface area contributed by atoms with Crippen LogP contribution in [0, 0.1) is 5.82 Å². The molecule has 0 amide bonds. The van der Waals surface area contributed by atoms with E-state index in [2.05, 4.69) is 29.5 Å². The van der Waals surface area contributed by atoms with Crippen LogP contribution in [0.15, 0.2) is 54.6 Å². The predicted octanol–water partition coefficient (Wildman–Crippen LogP) is 8.56. The van der Waals surface area contributed by atoms with Gasteiger partial charge in [0.15, 0.2) is 11.5 Å². The Labute approximate surface area is 272 Å². The van der Waals surface area contributed by atoms with Crippen LogP contribution in [0.3, 0.4) is 0 Å². The number of hydrogen-bond donors (Lipinski definition) is 0. The standard InChI is InChI=1S/C36H47FN4O4Si/c1-35(2,3)45-33(42)36(4,5)26-13-17-28(18-14-26)44-34-38-30-23-29(37)31(25-11-15-27(16-12-25)40-19-9-10-20-40)39-32(30)41(34)24-43-21-22-46(6,7)8/h11-18,23H,9-10,19-22,24H2,1-8H3. The normalized spacial score (nSPS) is 14.2. The third-order valence-electron chi connectivity index (χ3n) is 8.16. The van der Waals surface area contributed by atoms with Gasteiger partial charge in [-0.25, -0.2) is 9.37 Å². The summed E-state index contributed by atoms with van der Waals surface area (Å²) in [6.45, 7) is 19.0. The van der Waals surface area contributed by atoms with E-state index >= 15 is 4.39 Å². The zero-order valence-corrected chi connectivity index (χ0v) is 29.4. The van der Waals surface area contributed by atoms with Crippen molar-refractivity contribution < 1.29 is 23.4 Å². The molecule has 0 spiro atoms. The number of aromatic nitrogens is 3. The number of anilines is 1. The van der Waals surface area contributed by atoms with Gasteiger partial charge in [-0.15, -0.1) is 0 Å². The average Bonchev–Trinajstić information content (AvgIpc) is 3.62. The van der Waals surface area contributed by atoms with Crippen molar-refractivity contribution in [3.63, 3.8) is 0 Å². The minimum Gasteiger partial charge on any atom is -0.459 e. The molecule has 0 atom stereocenters. The van der Waals surface area contributed by atoms with Crippen molar-refractivity contribution >= 4 is 30.9 Å². The molecule has 2 aromatic heterocycles. The quantitative estimate of drug-likeness (QED) is 0.0918. The van der Waals surface area contributed by atoms with Crippen molar-refractivity contribution in [3.8, 4) is 23.0 Å². The summed E-state index contributed by atoms with van der Waals surface area (Å²) in [6.07, 6.45) is 2.38. The minimum absolute atomic E-state index is 0.159. The number of ether oxygens (including phenoxy) is 3. The third-order valence-corrected chi connectivity index (χ3v) is 9.87. The van der Waals surface area contributed by atoms with Crippen LogP contribution in [0.2, 0.25) is 25.7 Å². The molecule has 0 unspecified atom stereocenters. The number of fused-ring (bicyclic) bond motifs is 1. The van der Waals surface area contributed by atoms with Gasteiger partial charge in [0.25, 0.3) is 0 Å². The summed E-state index contributed by atoms with van der Waals surface area (Å²) >= 11 is 0. The number of benzene rings is 2. The van der Waals surface area contributed by atoms with Crippen molar-refractivity contribution in [2.45, 2.75) is 90.9 Å². The molecular weight excluding hydrogens is 600 g/mol. The highest BCUT2D eigenvalue weighted by atomic mass is 28.3. The Hall–Kier alpha value is -3.76. The van der Waals surface area contributed by atoms with Crippen LogP contribution in [0.5, 0.6) is 11.8 Å². The Balaban J connectivity index is 1.44. The van der Waals surface area contributed by atoms with Crippen LogP contribution >= 0.6 is 0 Å². The lowest BCUT2D eigenvalue weighted by Crippen LogP contribution is -2.36. The maximum atomic E-state index is 15.5. The second-order valence-electron chi connectivity index (χ2n) is 14.8. The van der Waals surface area contributed by atoms with Crippen LogP contribution < -0.4 is 9.64 Å². The molecule has 1 aliphatic heterocycles. The molecule has 1 aliphatic rings. The van der Waals surface area contributed by atoms with Gasteiger partial charge in [-0.05, 0) is 83.3 Å². The molecule has 0 saturated carbocycles. The lowest BCUT2D eigenvalue weighted by Gasteiger charge is -2.28. The van der Waals surface area contributed by atoms with Crippen molar-refractivity contribution in [3.05, 3.63) is 66.0 Å². The summed E-state index contributed by atoms with van der Waals surface area (Å²) in [5.74, 6) is -0.243. The zero-order chi connectivity index (χ0) is 33.3. The highest BCUT2D eigenvalue weighted by Gasteiger charge is 2.34. The van der Waals surface area contributed by atoms with Gasteiger partial charge >= 0.3 is 12.0 Å². The van der Waals surface area contributed by atoms with Crippen molar-refractivity contribution in [2.24, 2.45) is 0 Å². The first-order valence-electron chi connectivity index (χ1n) is 16.1. The SMILES string of the molecule is CC(C)(C)OC(=O)C(C)(C)c1ccc(Oc2nc3cc(F)c(-c4ccc(N5CCCC5)cc4)nc3n2COCC[Si](C)(C)C)cc1. The van der Waals surface area contributed by atoms with Gasteiger partial charge in [0.05, 0.1) is 5.41 Å². The summed E-state index contributed by atoms with van der Waals surface area (Å²) in [7, 11) is -1.31. The lowest BCUT2D eigenvalue weighted by molar-refractivity contribution is -0.160. The lowest BCUT2D eigenvalue weighted by atomic mass is 9.84. The summed E-state index contributed by atoms with van der Waals surface area (Å²) in [5, 5.41) is 0. The molecule has 1 saturated heterocycles. The Bertz CT molecular complexity index is 1670. The van der Waals surface area contributed by atoms with Crippen LogP contribution in [0.25, 0.3) is 22.4 Å². The van der Waals surface area contributed by atoms with E-state index in [-0.39, 0.29) is 24.4 Å². The van der Waals surface area contributed by atoms with E-state index in [1.807, 2.05) is 71.0 Å². The number of hydrogen-bond acceptors (Lipinski definition) is 7. The number of halogens is 1. The number of carbonyl (C=O) groups is 1. The fourth-order valence-corrected chi connectivity index (χ4v) is 6.07. The maximum Gasteiger partial charge on any atom is 0.316 e. The Kier molecular flexibility index (Phi) is 9.61. The largest absolute Gasteiger partial charge is 0.459 e. The Morgan fingerprint density at radius 1 is 0.935 bits per heavy atom. The molecular formula is C36H47FN4O4Si. The summed E-state index contributed by atoms with van der Waals surface area (Å²) in [4.78, 5) is 24.6. The van der Waals surface area contributed by atoms with Gasteiger partial charge in [0.2, 0.25) is 0 Å². The van der Waals surface area contributed by atoms with Gasteiger partial charge in [0, 0.05) is 45.1 Å². The van der Waals surface area contributed by atoms with E-state index < -0.39 is 24.9 Å². The van der Waals surface area contributed by atoms with Crippen LogP contribution in [0.4, 0.5) is 10.1 Å². The number of pyridine rings is 1. The van der Waals surface area contributed by atoms with Gasteiger partial charge in [-0.3, -0.25) is 9.36 Å². The van der Waals surface area contributed by atoms with Crippen LogP contribution in [0.1, 0.15) is 53.0 Å². The molecule has 8 nitrogen and oxygen atoms in total. The number of carbonyl (C=O) groups excluding carboxylic acids is 1. The van der Waals surface area contributed by atoms with Crippen LogP contribution in [-0.2, 0) is 26.4 Å². The summed E-state index contributed by atoms with van der Waals surface area (Å²) in [5.41, 5.74) is 2.30. The smallest absolute Gasteiger partial charge is 0.316 e. The van der Waals surface area contributed by atoms with E-state index in [0.29, 0.717) is 29.1 Å². The second-order valence-corrected chi connectivity index (χ2v) is 20.4. The first-order valence-corrected chi connectivity index (χ1v) is 19.8. The van der Waals surface area contributed by atoms with Gasteiger partial charge in [-0.1, -0.05) is 43.9 Å². The molecule has 1 fully saturated rings. The van der Waals surface area contributed by atoms with Crippen molar-refractivity contribution in [1.82, 2.24) is 14.5 Å². The first-order chi connectivity index (χ1) is 21.6. The van der Waals surface area contributed by atoms with Crippen molar-refractivity contribution in [1.29, 1.82) is 0 Å². The Morgan fingerprint density at radius 2 is 1.59 bits per heavy atom. The molecule has 0 aliphatic carbocycles. The molecule has 246 valence electrons. The molecule has 5 rings (SSSR count). The summed E-state index contributed by atoms with van der Waals surface area (Å²) in [6, 6.07) is 17.8. The first kappa shape index (κ1) is 33.6. The van der Waals surface area contributed by atoms with Crippen molar-refractivity contribution in [2.75, 3.05) is 24.6 Å². The number of rotatable bonds is 11. The van der Waals surface area contributed by atoms with Gasteiger partial charge < -0.3 is 19.1 Å². The second kappa shape index (κ2) is 13.2. The molecule has 0 bridgehead atoms. The highest BCUT2D eigenvalue weighted by Crippen LogP contribution is 2.33. The fourth-order valence-electron chi connectivity index (χ4n) is 5.31. The molecule has 4 aromatic rings. The third kappa shape index (κ3) is 7.96. The average molecular weight is 647 g/mol. The molecule has 2 aromatic carbocycles. The minimum atomic E-state index is -1.31. The topological polar surface area (TPSA) is 78.7 Å². The fraction of sp³-hybridized carbons (Fsp3) is 0.472. The molecule has 0 N–H and O–H groups in total. The maximum absolute atomic E-state index is 15.5. The predicted molar refractivity (Wildman–Crippen MR) is 184 cm³/mol. The van der Waals surface area contributed by atoms with E-state index in [1.165, 1.54) is 18.9 Å². The number of esters is 1. The van der Waals surface area contributed by atoms with Gasteiger partial charge in [-0.2, -0.15) is 4.98 Å². The molecule has 10 heteroatoms.